The number of rotatable bonds is 2. The average molecular weight is 257 g/mol. The Balaban J connectivity index is 3.10. The van der Waals surface area contributed by atoms with E-state index in [0.717, 1.165) is 12.1 Å². The lowest BCUT2D eigenvalue weighted by Crippen LogP contribution is -1.94. The van der Waals surface area contributed by atoms with Crippen molar-refractivity contribution in [1.82, 2.24) is 0 Å². The summed E-state index contributed by atoms with van der Waals surface area (Å²) in [5.74, 6) is -1.52. The molecule has 1 aromatic carbocycles. The zero-order valence-corrected chi connectivity index (χ0v) is 8.12. The van der Waals surface area contributed by atoms with E-state index in [1.165, 1.54) is 0 Å². The smallest absolute Gasteiger partial charge is 0.171 e. The fraction of sp³-hybridized carbons (Fsp3) is 0.143. The summed E-state index contributed by atoms with van der Waals surface area (Å²) < 4.78 is 30.2. The molecular formula is C7H4BrClF2O. The Labute approximate surface area is 81.4 Å². The lowest BCUT2D eigenvalue weighted by molar-refractivity contribution is 0.359. The molecule has 0 spiro atoms. The van der Waals surface area contributed by atoms with Gasteiger partial charge in [0, 0.05) is 6.07 Å². The van der Waals surface area contributed by atoms with Crippen molar-refractivity contribution in [2.24, 2.45) is 0 Å². The van der Waals surface area contributed by atoms with Crippen molar-refractivity contribution in [1.29, 1.82) is 0 Å². The third-order valence-corrected chi connectivity index (χ3v) is 1.86. The van der Waals surface area contributed by atoms with Crippen LogP contribution >= 0.6 is 27.5 Å². The van der Waals surface area contributed by atoms with Gasteiger partial charge in [-0.25, -0.2) is 8.78 Å². The maximum absolute atomic E-state index is 12.8. The van der Waals surface area contributed by atoms with E-state index < -0.39 is 11.6 Å². The lowest BCUT2D eigenvalue weighted by Gasteiger charge is -2.05. The molecule has 1 rings (SSSR count). The van der Waals surface area contributed by atoms with E-state index in [0.29, 0.717) is 0 Å². The van der Waals surface area contributed by atoms with E-state index in [9.17, 15) is 8.78 Å². The predicted molar refractivity (Wildman–Crippen MR) is 45.4 cm³/mol. The number of hydrogen-bond acceptors (Lipinski definition) is 1. The molecule has 1 aromatic rings. The summed E-state index contributed by atoms with van der Waals surface area (Å²) in [6, 6.07) is 1.65. The highest BCUT2D eigenvalue weighted by Gasteiger charge is 2.09. The van der Waals surface area contributed by atoms with Crippen LogP contribution in [-0.4, -0.2) is 6.07 Å². The molecule has 0 bridgehead atoms. The van der Waals surface area contributed by atoms with Gasteiger partial charge in [0.15, 0.2) is 17.6 Å². The summed E-state index contributed by atoms with van der Waals surface area (Å²) in [6.45, 7) is 0. The number of benzene rings is 1. The zero-order chi connectivity index (χ0) is 9.14. The van der Waals surface area contributed by atoms with Gasteiger partial charge < -0.3 is 4.74 Å². The molecule has 0 aliphatic rings. The fourth-order valence-corrected chi connectivity index (χ4v) is 1.35. The molecule has 0 amide bonds. The van der Waals surface area contributed by atoms with E-state index in [2.05, 4.69) is 15.9 Å². The second kappa shape index (κ2) is 4.05. The number of ether oxygens (including phenoxy) is 1. The van der Waals surface area contributed by atoms with Gasteiger partial charge in [0.25, 0.3) is 0 Å². The monoisotopic (exact) mass is 256 g/mol. The summed E-state index contributed by atoms with van der Waals surface area (Å²) in [4.78, 5) is 0. The summed E-state index contributed by atoms with van der Waals surface area (Å²) in [7, 11) is 0. The van der Waals surface area contributed by atoms with Crippen molar-refractivity contribution >= 4 is 27.5 Å². The first-order chi connectivity index (χ1) is 5.65. The minimum absolute atomic E-state index is 0.0774. The quantitative estimate of drug-likeness (QED) is 0.739. The van der Waals surface area contributed by atoms with Crippen LogP contribution in [-0.2, 0) is 0 Å². The van der Waals surface area contributed by atoms with Crippen molar-refractivity contribution in [2.45, 2.75) is 0 Å². The first kappa shape index (κ1) is 9.74. The number of halogens is 4. The second-order valence-electron chi connectivity index (χ2n) is 1.95. The highest BCUT2D eigenvalue weighted by atomic mass is 79.9. The van der Waals surface area contributed by atoms with Gasteiger partial charge in [-0.3, -0.25) is 0 Å². The summed E-state index contributed by atoms with van der Waals surface area (Å²) in [6.07, 6.45) is 0. The standard InChI is InChI=1S/C7H4BrClF2O/c8-5-1-4(10)2-6(11)7(5)12-3-9/h1-2H,3H2. The zero-order valence-electron chi connectivity index (χ0n) is 5.78. The van der Waals surface area contributed by atoms with Crippen LogP contribution in [0, 0.1) is 11.6 Å². The van der Waals surface area contributed by atoms with Gasteiger partial charge in [-0.1, -0.05) is 11.6 Å². The van der Waals surface area contributed by atoms with Crippen LogP contribution in [0.3, 0.4) is 0 Å². The van der Waals surface area contributed by atoms with Crippen LogP contribution in [0.4, 0.5) is 8.78 Å². The molecule has 0 aromatic heterocycles. The molecule has 12 heavy (non-hydrogen) atoms. The fourth-order valence-electron chi connectivity index (χ4n) is 0.721. The Morgan fingerprint density at radius 3 is 2.58 bits per heavy atom. The molecule has 0 aliphatic carbocycles. The van der Waals surface area contributed by atoms with Crippen LogP contribution in [0.5, 0.6) is 5.75 Å². The van der Waals surface area contributed by atoms with E-state index in [1.807, 2.05) is 0 Å². The predicted octanol–water partition coefficient (Wildman–Crippen LogP) is 3.30. The maximum atomic E-state index is 12.8. The number of alkyl halides is 1. The van der Waals surface area contributed by atoms with Crippen molar-refractivity contribution in [3.05, 3.63) is 28.2 Å². The van der Waals surface area contributed by atoms with Gasteiger partial charge in [-0.05, 0) is 22.0 Å². The maximum Gasteiger partial charge on any atom is 0.171 e. The second-order valence-corrected chi connectivity index (χ2v) is 3.02. The molecule has 0 saturated carbocycles. The third-order valence-electron chi connectivity index (χ3n) is 1.16. The molecule has 1 nitrogen and oxygen atoms in total. The van der Waals surface area contributed by atoms with Gasteiger partial charge in [-0.2, -0.15) is 0 Å². The largest absolute Gasteiger partial charge is 0.474 e. The molecule has 0 aliphatic heterocycles. The Kier molecular flexibility index (Phi) is 3.29. The lowest BCUT2D eigenvalue weighted by atomic mass is 10.3. The van der Waals surface area contributed by atoms with Crippen molar-refractivity contribution in [2.75, 3.05) is 6.07 Å². The van der Waals surface area contributed by atoms with Crippen LogP contribution < -0.4 is 4.74 Å². The molecule has 0 saturated heterocycles. The van der Waals surface area contributed by atoms with Gasteiger partial charge in [0.1, 0.15) is 5.82 Å². The van der Waals surface area contributed by atoms with Crippen LogP contribution in [0.15, 0.2) is 16.6 Å². The van der Waals surface area contributed by atoms with Crippen molar-refractivity contribution in [3.8, 4) is 5.75 Å². The van der Waals surface area contributed by atoms with E-state index in [-0.39, 0.29) is 16.3 Å². The highest BCUT2D eigenvalue weighted by molar-refractivity contribution is 9.10. The Hall–Kier alpha value is -0.350. The normalized spacial score (nSPS) is 10.0. The molecule has 0 heterocycles. The molecule has 0 N–H and O–H groups in total. The van der Waals surface area contributed by atoms with Gasteiger partial charge in [0.2, 0.25) is 0 Å². The molecule has 0 unspecified atom stereocenters. The van der Waals surface area contributed by atoms with E-state index in [4.69, 9.17) is 16.3 Å². The Morgan fingerprint density at radius 1 is 1.42 bits per heavy atom. The molecule has 5 heteroatoms. The van der Waals surface area contributed by atoms with Crippen molar-refractivity contribution < 1.29 is 13.5 Å². The van der Waals surface area contributed by atoms with Crippen molar-refractivity contribution in [3.63, 3.8) is 0 Å². The van der Waals surface area contributed by atoms with Crippen LogP contribution in [0.2, 0.25) is 0 Å². The van der Waals surface area contributed by atoms with E-state index in [1.54, 1.807) is 0 Å². The first-order valence-corrected chi connectivity index (χ1v) is 4.31. The molecule has 0 atom stereocenters. The third kappa shape index (κ3) is 2.08. The molecule has 0 fully saturated rings. The van der Waals surface area contributed by atoms with Gasteiger partial charge in [0.05, 0.1) is 4.47 Å². The molecule has 66 valence electrons. The molecule has 0 radical (unpaired) electrons. The Bertz CT molecular complexity index is 270. The summed E-state index contributed by atoms with van der Waals surface area (Å²) >= 11 is 8.15. The summed E-state index contributed by atoms with van der Waals surface area (Å²) in [5.41, 5.74) is 0. The van der Waals surface area contributed by atoms with Crippen LogP contribution in [0.25, 0.3) is 0 Å². The first-order valence-electron chi connectivity index (χ1n) is 2.98. The molecular weight excluding hydrogens is 253 g/mol. The van der Waals surface area contributed by atoms with Crippen LogP contribution in [0.1, 0.15) is 0 Å². The highest BCUT2D eigenvalue weighted by Crippen LogP contribution is 2.29. The minimum Gasteiger partial charge on any atom is -0.474 e. The van der Waals surface area contributed by atoms with Gasteiger partial charge >= 0.3 is 0 Å². The Morgan fingerprint density at radius 2 is 2.08 bits per heavy atom. The van der Waals surface area contributed by atoms with Gasteiger partial charge in [-0.15, -0.1) is 0 Å². The van der Waals surface area contributed by atoms with E-state index >= 15 is 0 Å². The topological polar surface area (TPSA) is 9.23 Å². The minimum atomic E-state index is -0.775. The SMILES string of the molecule is Fc1cc(F)c(OCCl)c(Br)c1. The average Bonchev–Trinajstić information content (AvgIpc) is 1.96. The summed E-state index contributed by atoms with van der Waals surface area (Å²) in [5, 5.41) is 0. The number of hydrogen-bond donors (Lipinski definition) is 0.